The average molecular weight is 591 g/mol. The van der Waals surface area contributed by atoms with Crippen LogP contribution in [0.2, 0.25) is 0 Å². The minimum Gasteiger partial charge on any atom is -0.344 e. The zero-order chi connectivity index (χ0) is 30.6. The number of hydrogen-bond acceptors (Lipinski definition) is 9. The van der Waals surface area contributed by atoms with Crippen molar-refractivity contribution in [2.75, 3.05) is 6.26 Å². The van der Waals surface area contributed by atoms with Crippen molar-refractivity contribution >= 4 is 26.9 Å². The second-order valence-corrected chi connectivity index (χ2v) is 13.7. The van der Waals surface area contributed by atoms with Crippen molar-refractivity contribution in [3.05, 3.63) is 59.1 Å². The van der Waals surface area contributed by atoms with E-state index in [2.05, 4.69) is 44.4 Å². The smallest absolute Gasteiger partial charge is 0.315 e. The number of benzene rings is 1. The van der Waals surface area contributed by atoms with Gasteiger partial charge in [0, 0.05) is 41.7 Å². The number of nitrogens with zero attached hydrogens (tertiary/aromatic N) is 6. The van der Waals surface area contributed by atoms with Crippen LogP contribution in [0, 0.1) is 13.8 Å². The molecule has 4 heterocycles. The molecule has 42 heavy (non-hydrogen) atoms. The zero-order valence-electron chi connectivity index (χ0n) is 24.9. The van der Waals surface area contributed by atoms with Crippen molar-refractivity contribution in [3.8, 4) is 22.5 Å². The number of carbonyl (C=O) groups excluding carboxylic acids is 1. The van der Waals surface area contributed by atoms with Crippen molar-refractivity contribution < 1.29 is 17.7 Å². The summed E-state index contributed by atoms with van der Waals surface area (Å²) in [6, 6.07) is 7.08. The molecule has 0 saturated carbocycles. The fourth-order valence-corrected chi connectivity index (χ4v) is 5.81. The van der Waals surface area contributed by atoms with Crippen molar-refractivity contribution in [2.24, 2.45) is 0 Å². The van der Waals surface area contributed by atoms with Gasteiger partial charge in [0.1, 0.15) is 11.3 Å². The van der Waals surface area contributed by atoms with Gasteiger partial charge in [0.25, 0.3) is 0 Å². The van der Waals surface area contributed by atoms with Crippen LogP contribution < -0.4 is 5.32 Å². The molecule has 5 aromatic rings. The lowest BCUT2D eigenvalue weighted by molar-refractivity contribution is 0.0906. The maximum absolute atomic E-state index is 12.9. The molecule has 0 fully saturated rings. The molecular formula is C29H34N8O4S. The van der Waals surface area contributed by atoms with Crippen LogP contribution in [0.3, 0.4) is 0 Å². The standard InChI is InChI=1S/C29H34N8O4S/c1-15(2)37-17(4)22(16(3)35-37)24-32-23-20(11-12-30-25(23)33-24)18-9-10-19(21(13-18)42(8,39)40)14-31-26(38)27-34-28(36-41-27)29(5,6)7/h9-13,15H,14H2,1-8H3,(H,31,38)(H,30,32,33). The van der Waals surface area contributed by atoms with E-state index in [1.165, 1.54) is 0 Å². The molecule has 12 nitrogen and oxygen atoms in total. The lowest BCUT2D eigenvalue weighted by Gasteiger charge is -2.12. The Kier molecular flexibility index (Phi) is 7.25. The number of nitrogens with one attached hydrogen (secondary N) is 2. The number of fused-ring (bicyclic) bond motifs is 1. The van der Waals surface area contributed by atoms with E-state index in [0.717, 1.165) is 28.8 Å². The summed E-state index contributed by atoms with van der Waals surface area (Å²) in [6.07, 6.45) is 2.79. The molecule has 0 atom stereocenters. The number of rotatable bonds is 7. The van der Waals surface area contributed by atoms with E-state index in [1.807, 2.05) is 39.3 Å². The molecule has 1 amide bonds. The van der Waals surface area contributed by atoms with Gasteiger partial charge in [-0.1, -0.05) is 38.1 Å². The number of aromatic nitrogens is 7. The summed E-state index contributed by atoms with van der Waals surface area (Å²) in [6.45, 7) is 13.8. The predicted molar refractivity (Wildman–Crippen MR) is 158 cm³/mol. The third-order valence-electron chi connectivity index (χ3n) is 6.94. The van der Waals surface area contributed by atoms with E-state index in [1.54, 1.807) is 30.5 Å². The number of aryl methyl sites for hydroxylation is 1. The second-order valence-electron chi connectivity index (χ2n) is 11.7. The highest BCUT2D eigenvalue weighted by Crippen LogP contribution is 2.33. The second kappa shape index (κ2) is 10.5. The number of pyridine rings is 1. The zero-order valence-corrected chi connectivity index (χ0v) is 25.7. The minimum absolute atomic E-state index is 0.0501. The highest BCUT2D eigenvalue weighted by Gasteiger charge is 2.25. The monoisotopic (exact) mass is 590 g/mol. The van der Waals surface area contributed by atoms with E-state index in [0.29, 0.717) is 33.9 Å². The Bertz CT molecular complexity index is 1930. The van der Waals surface area contributed by atoms with Crippen molar-refractivity contribution in [1.29, 1.82) is 0 Å². The summed E-state index contributed by atoms with van der Waals surface area (Å²) >= 11 is 0. The van der Waals surface area contributed by atoms with E-state index >= 15 is 0 Å². The van der Waals surface area contributed by atoms with Gasteiger partial charge in [-0.25, -0.2) is 18.4 Å². The van der Waals surface area contributed by atoms with Crippen LogP contribution >= 0.6 is 0 Å². The molecule has 0 bridgehead atoms. The van der Waals surface area contributed by atoms with E-state index in [9.17, 15) is 13.2 Å². The molecule has 0 spiro atoms. The van der Waals surface area contributed by atoms with Crippen molar-refractivity contribution in [3.63, 3.8) is 0 Å². The molecule has 4 aromatic heterocycles. The molecular weight excluding hydrogens is 556 g/mol. The Morgan fingerprint density at radius 1 is 1.14 bits per heavy atom. The van der Waals surface area contributed by atoms with Crippen molar-refractivity contribution in [1.82, 2.24) is 40.2 Å². The number of H-pyrrole nitrogens is 1. The van der Waals surface area contributed by atoms with Crippen LogP contribution in [-0.4, -0.2) is 55.5 Å². The Morgan fingerprint density at radius 3 is 2.50 bits per heavy atom. The van der Waals surface area contributed by atoms with Gasteiger partial charge in [-0.05, 0) is 51.0 Å². The molecule has 0 aliphatic rings. The van der Waals surface area contributed by atoms with Gasteiger partial charge in [-0.15, -0.1) is 0 Å². The number of imidazole rings is 1. The summed E-state index contributed by atoms with van der Waals surface area (Å²) in [5.74, 6) is 0.270. The van der Waals surface area contributed by atoms with E-state index in [-0.39, 0.29) is 28.8 Å². The summed E-state index contributed by atoms with van der Waals surface area (Å²) in [5, 5.41) is 11.2. The van der Waals surface area contributed by atoms with E-state index in [4.69, 9.17) is 9.51 Å². The lowest BCUT2D eigenvalue weighted by Crippen LogP contribution is -2.24. The summed E-state index contributed by atoms with van der Waals surface area (Å²) in [5.41, 5.74) is 5.33. The van der Waals surface area contributed by atoms with Gasteiger partial charge in [0.05, 0.1) is 16.2 Å². The van der Waals surface area contributed by atoms with Gasteiger partial charge < -0.3 is 14.8 Å². The van der Waals surface area contributed by atoms with Crippen LogP contribution in [0.5, 0.6) is 0 Å². The van der Waals surface area contributed by atoms with E-state index < -0.39 is 15.7 Å². The molecule has 5 rings (SSSR count). The van der Waals surface area contributed by atoms with Crippen LogP contribution in [0.1, 0.15) is 74.1 Å². The summed E-state index contributed by atoms with van der Waals surface area (Å²) in [4.78, 5) is 29.6. The topological polar surface area (TPSA) is 162 Å². The normalized spacial score (nSPS) is 12.4. The number of sulfone groups is 1. The minimum atomic E-state index is -3.66. The maximum atomic E-state index is 12.9. The van der Waals surface area contributed by atoms with Gasteiger partial charge in [0.2, 0.25) is 0 Å². The fraction of sp³-hybridized carbons (Fsp3) is 0.379. The molecule has 13 heteroatoms. The molecule has 220 valence electrons. The van der Waals surface area contributed by atoms with Gasteiger partial charge in [-0.2, -0.15) is 10.1 Å². The van der Waals surface area contributed by atoms with Crippen LogP contribution in [-0.2, 0) is 21.8 Å². The summed E-state index contributed by atoms with van der Waals surface area (Å²) in [7, 11) is -3.66. The first-order valence-electron chi connectivity index (χ1n) is 13.5. The van der Waals surface area contributed by atoms with Crippen molar-refractivity contribution in [2.45, 2.75) is 71.4 Å². The molecule has 0 aliphatic heterocycles. The molecule has 2 N–H and O–H groups in total. The largest absolute Gasteiger partial charge is 0.344 e. The highest BCUT2D eigenvalue weighted by atomic mass is 32.2. The quantitative estimate of drug-likeness (QED) is 0.274. The first kappa shape index (κ1) is 29.1. The first-order chi connectivity index (χ1) is 19.6. The molecule has 0 saturated heterocycles. The first-order valence-corrected chi connectivity index (χ1v) is 15.4. The van der Waals surface area contributed by atoms with Crippen LogP contribution in [0.4, 0.5) is 0 Å². The third kappa shape index (κ3) is 5.43. The van der Waals surface area contributed by atoms with Gasteiger partial charge in [-0.3, -0.25) is 9.48 Å². The lowest BCUT2D eigenvalue weighted by atomic mass is 9.96. The van der Waals surface area contributed by atoms with Crippen LogP contribution in [0.25, 0.3) is 33.7 Å². The Hall–Kier alpha value is -4.39. The molecule has 0 radical (unpaired) electrons. The Labute approximate surface area is 243 Å². The predicted octanol–water partition coefficient (Wildman–Crippen LogP) is 4.70. The number of carbonyl (C=O) groups is 1. The fourth-order valence-electron chi connectivity index (χ4n) is 4.86. The SMILES string of the molecule is Cc1nn(C(C)C)c(C)c1-c1nc2c(-c3ccc(CNC(=O)c4nc(C(C)(C)C)no4)c(S(C)(=O)=O)c3)ccnc2[nH]1. The molecule has 0 aliphatic carbocycles. The summed E-state index contributed by atoms with van der Waals surface area (Å²) < 4.78 is 32.8. The average Bonchev–Trinajstić information content (AvgIpc) is 3.63. The number of amides is 1. The molecule has 0 unspecified atom stereocenters. The number of aromatic amines is 1. The number of hydrogen-bond donors (Lipinski definition) is 2. The third-order valence-corrected chi connectivity index (χ3v) is 8.12. The Balaban J connectivity index is 1.49. The van der Waals surface area contributed by atoms with Crippen LogP contribution in [0.15, 0.2) is 39.9 Å². The van der Waals surface area contributed by atoms with Gasteiger partial charge in [0.15, 0.2) is 21.3 Å². The maximum Gasteiger partial charge on any atom is 0.315 e. The highest BCUT2D eigenvalue weighted by molar-refractivity contribution is 7.90. The van der Waals surface area contributed by atoms with Gasteiger partial charge >= 0.3 is 11.8 Å². The Morgan fingerprint density at radius 2 is 1.88 bits per heavy atom. The molecule has 1 aromatic carbocycles.